The fourth-order valence-corrected chi connectivity index (χ4v) is 1.63. The number of aromatic amines is 1. The average molecular weight is 262 g/mol. The van der Waals surface area contributed by atoms with Crippen LogP contribution < -0.4 is 5.56 Å². The highest BCUT2D eigenvalue weighted by Gasteiger charge is 2.17. The summed E-state index contributed by atoms with van der Waals surface area (Å²) in [6, 6.07) is 5.30. The molecule has 4 nitrogen and oxygen atoms in total. The Kier molecular flexibility index (Phi) is 3.14. The fraction of sp³-hybridized carbons (Fsp3) is 0.286. The van der Waals surface area contributed by atoms with Gasteiger partial charge in [0, 0.05) is 17.0 Å². The number of hydrogen-bond donors (Lipinski definition) is 2. The first-order valence-electron chi connectivity index (χ1n) is 5.88. The number of phenolic OH excluding ortho intramolecular Hbond substituents is 1. The molecule has 0 aliphatic carbocycles. The molecular formula is C14H15FN2O2. The van der Waals surface area contributed by atoms with Gasteiger partial charge < -0.3 is 10.1 Å². The lowest BCUT2D eigenvalue weighted by Gasteiger charge is -2.17. The molecule has 0 amide bonds. The van der Waals surface area contributed by atoms with Crippen LogP contribution >= 0.6 is 0 Å². The number of rotatable bonds is 1. The molecule has 0 saturated heterocycles. The van der Waals surface area contributed by atoms with E-state index < -0.39 is 11.6 Å². The van der Waals surface area contributed by atoms with E-state index in [2.05, 4.69) is 9.97 Å². The predicted octanol–water partition coefficient (Wildman–Crippen LogP) is 2.58. The number of nitrogens with one attached hydrogen (secondary N) is 1. The molecule has 0 fully saturated rings. The zero-order valence-electron chi connectivity index (χ0n) is 11.0. The molecule has 0 unspecified atom stereocenters. The van der Waals surface area contributed by atoms with Gasteiger partial charge in [0.2, 0.25) is 0 Å². The van der Waals surface area contributed by atoms with Crippen molar-refractivity contribution in [3.05, 3.63) is 46.1 Å². The van der Waals surface area contributed by atoms with Crippen molar-refractivity contribution in [3.8, 4) is 17.1 Å². The monoisotopic (exact) mass is 262 g/mol. The maximum atomic E-state index is 13.3. The topological polar surface area (TPSA) is 66.0 Å². The van der Waals surface area contributed by atoms with Crippen LogP contribution in [-0.4, -0.2) is 15.1 Å². The molecule has 100 valence electrons. The Labute approximate surface area is 110 Å². The Morgan fingerprint density at radius 1 is 1.26 bits per heavy atom. The van der Waals surface area contributed by atoms with Crippen LogP contribution in [0, 0.1) is 5.82 Å². The van der Waals surface area contributed by atoms with Crippen LogP contribution in [0.5, 0.6) is 5.75 Å². The second-order valence-electron chi connectivity index (χ2n) is 5.40. The van der Waals surface area contributed by atoms with Crippen LogP contribution in [-0.2, 0) is 5.41 Å². The Morgan fingerprint density at radius 2 is 1.95 bits per heavy atom. The molecule has 1 aromatic carbocycles. The number of halogens is 1. The van der Waals surface area contributed by atoms with Crippen molar-refractivity contribution in [2.75, 3.05) is 0 Å². The summed E-state index contributed by atoms with van der Waals surface area (Å²) < 4.78 is 13.3. The SMILES string of the molecule is CC(C)(C)c1cc(=O)[nH]c(-c2ccc(O)c(F)c2)n1. The molecule has 2 rings (SSSR count). The summed E-state index contributed by atoms with van der Waals surface area (Å²) in [5.74, 6) is -0.893. The fourth-order valence-electron chi connectivity index (χ4n) is 1.63. The largest absolute Gasteiger partial charge is 0.505 e. The van der Waals surface area contributed by atoms with Crippen molar-refractivity contribution >= 4 is 0 Å². The average Bonchev–Trinajstić information content (AvgIpc) is 2.31. The Balaban J connectivity index is 2.59. The molecule has 0 radical (unpaired) electrons. The normalized spacial score (nSPS) is 11.6. The molecular weight excluding hydrogens is 247 g/mol. The zero-order chi connectivity index (χ0) is 14.2. The van der Waals surface area contributed by atoms with Gasteiger partial charge in [0.25, 0.3) is 5.56 Å². The first-order valence-corrected chi connectivity index (χ1v) is 5.88. The number of phenols is 1. The van der Waals surface area contributed by atoms with Crippen LogP contribution in [0.2, 0.25) is 0 Å². The van der Waals surface area contributed by atoms with Crippen molar-refractivity contribution in [3.63, 3.8) is 0 Å². The van der Waals surface area contributed by atoms with Crippen molar-refractivity contribution in [1.82, 2.24) is 9.97 Å². The van der Waals surface area contributed by atoms with E-state index >= 15 is 0 Å². The maximum Gasteiger partial charge on any atom is 0.251 e. The molecule has 0 aliphatic heterocycles. The van der Waals surface area contributed by atoms with Gasteiger partial charge in [-0.3, -0.25) is 4.79 Å². The van der Waals surface area contributed by atoms with Crippen LogP contribution in [0.1, 0.15) is 26.5 Å². The smallest absolute Gasteiger partial charge is 0.251 e. The Hall–Kier alpha value is -2.17. The Bertz CT molecular complexity index is 672. The van der Waals surface area contributed by atoms with E-state index in [9.17, 15) is 9.18 Å². The minimum atomic E-state index is -0.749. The summed E-state index contributed by atoms with van der Waals surface area (Å²) >= 11 is 0. The summed E-state index contributed by atoms with van der Waals surface area (Å²) in [6.07, 6.45) is 0. The molecule has 1 aromatic heterocycles. The van der Waals surface area contributed by atoms with Gasteiger partial charge in [0.1, 0.15) is 5.82 Å². The second-order valence-corrected chi connectivity index (χ2v) is 5.40. The van der Waals surface area contributed by atoms with Crippen molar-refractivity contribution in [2.45, 2.75) is 26.2 Å². The highest BCUT2D eigenvalue weighted by molar-refractivity contribution is 5.56. The standard InChI is InChI=1S/C14H15FN2O2/c1-14(2,3)11-7-12(19)17-13(16-11)8-4-5-10(18)9(15)6-8/h4-7,18H,1-3H3,(H,16,17,19). The molecule has 0 saturated carbocycles. The van der Waals surface area contributed by atoms with E-state index in [1.807, 2.05) is 20.8 Å². The van der Waals surface area contributed by atoms with Crippen LogP contribution in [0.25, 0.3) is 11.4 Å². The first-order chi connectivity index (χ1) is 8.77. The van der Waals surface area contributed by atoms with Crippen molar-refractivity contribution < 1.29 is 9.50 Å². The van der Waals surface area contributed by atoms with E-state index in [4.69, 9.17) is 5.11 Å². The van der Waals surface area contributed by atoms with Gasteiger partial charge in [-0.2, -0.15) is 0 Å². The lowest BCUT2D eigenvalue weighted by atomic mass is 9.92. The molecule has 0 aliphatic rings. The van der Waals surface area contributed by atoms with E-state index in [1.54, 1.807) is 0 Å². The molecule has 5 heteroatoms. The van der Waals surface area contributed by atoms with Crippen LogP contribution in [0.3, 0.4) is 0 Å². The summed E-state index contributed by atoms with van der Waals surface area (Å²) in [6.45, 7) is 5.82. The molecule has 1 heterocycles. The van der Waals surface area contributed by atoms with Gasteiger partial charge in [0.05, 0.1) is 5.69 Å². The molecule has 19 heavy (non-hydrogen) atoms. The van der Waals surface area contributed by atoms with Gasteiger partial charge in [-0.15, -0.1) is 0 Å². The third kappa shape index (κ3) is 2.81. The van der Waals surface area contributed by atoms with Crippen LogP contribution in [0.15, 0.2) is 29.1 Å². The first kappa shape index (κ1) is 13.3. The third-order valence-corrected chi connectivity index (χ3v) is 2.73. The van der Waals surface area contributed by atoms with E-state index in [-0.39, 0.29) is 16.8 Å². The van der Waals surface area contributed by atoms with Gasteiger partial charge >= 0.3 is 0 Å². The zero-order valence-corrected chi connectivity index (χ0v) is 11.0. The number of benzene rings is 1. The second kappa shape index (κ2) is 4.50. The minimum Gasteiger partial charge on any atom is -0.505 e. The minimum absolute atomic E-state index is 0.279. The molecule has 0 spiro atoms. The number of nitrogens with zero attached hydrogens (tertiary/aromatic N) is 1. The van der Waals surface area contributed by atoms with Crippen molar-refractivity contribution in [2.24, 2.45) is 0 Å². The number of hydrogen-bond acceptors (Lipinski definition) is 3. The van der Waals surface area contributed by atoms with Crippen LogP contribution in [0.4, 0.5) is 4.39 Å². The van der Waals surface area contributed by atoms with Gasteiger partial charge in [-0.05, 0) is 18.2 Å². The highest BCUT2D eigenvalue weighted by Crippen LogP contribution is 2.24. The molecule has 2 aromatic rings. The summed E-state index contributed by atoms with van der Waals surface area (Å²) in [5.41, 5.74) is 0.472. The van der Waals surface area contributed by atoms with Gasteiger partial charge in [-0.25, -0.2) is 9.37 Å². The van der Waals surface area contributed by atoms with E-state index in [1.165, 1.54) is 18.2 Å². The van der Waals surface area contributed by atoms with E-state index in [0.29, 0.717) is 11.3 Å². The van der Waals surface area contributed by atoms with E-state index in [0.717, 1.165) is 6.07 Å². The predicted molar refractivity (Wildman–Crippen MR) is 70.6 cm³/mol. The Morgan fingerprint density at radius 3 is 2.53 bits per heavy atom. The maximum absolute atomic E-state index is 13.3. The molecule has 0 atom stereocenters. The number of aromatic hydroxyl groups is 1. The third-order valence-electron chi connectivity index (χ3n) is 2.73. The molecule has 2 N–H and O–H groups in total. The highest BCUT2D eigenvalue weighted by atomic mass is 19.1. The molecule has 0 bridgehead atoms. The summed E-state index contributed by atoms with van der Waals surface area (Å²) in [5, 5.41) is 9.16. The van der Waals surface area contributed by atoms with Gasteiger partial charge in [-0.1, -0.05) is 20.8 Å². The van der Waals surface area contributed by atoms with Gasteiger partial charge in [0.15, 0.2) is 11.6 Å². The number of H-pyrrole nitrogens is 1. The lowest BCUT2D eigenvalue weighted by molar-refractivity contribution is 0.432. The lowest BCUT2D eigenvalue weighted by Crippen LogP contribution is -2.19. The van der Waals surface area contributed by atoms with Crippen molar-refractivity contribution in [1.29, 1.82) is 0 Å². The number of aromatic nitrogens is 2. The summed E-state index contributed by atoms with van der Waals surface area (Å²) in [4.78, 5) is 18.6. The summed E-state index contributed by atoms with van der Waals surface area (Å²) in [7, 11) is 0. The quantitative estimate of drug-likeness (QED) is 0.830.